The average molecular weight is 275 g/mol. The second-order valence-electron chi connectivity index (χ2n) is 3.80. The van der Waals surface area contributed by atoms with Gasteiger partial charge >= 0.3 is 5.97 Å². The van der Waals surface area contributed by atoms with Crippen molar-refractivity contribution in [3.8, 4) is 23.1 Å². The van der Waals surface area contributed by atoms with Crippen LogP contribution in [0.15, 0.2) is 36.5 Å². The molecule has 104 valence electrons. The van der Waals surface area contributed by atoms with E-state index in [2.05, 4.69) is 4.98 Å². The molecule has 0 saturated heterocycles. The standard InChI is InChI=1S/C14H13NO5/c1-18-9-3-4-11(14(16)17)12(7-9)20-10-5-6-15-13(8-10)19-2/h3-8H,1-2H3,(H,16,17). The van der Waals surface area contributed by atoms with Gasteiger partial charge in [0.25, 0.3) is 0 Å². The Labute approximate surface area is 115 Å². The summed E-state index contributed by atoms with van der Waals surface area (Å²) < 4.78 is 15.6. The summed E-state index contributed by atoms with van der Waals surface area (Å²) in [7, 11) is 2.98. The normalized spacial score (nSPS) is 9.90. The SMILES string of the molecule is COc1ccc(C(=O)O)c(Oc2ccnc(OC)c2)c1. The summed E-state index contributed by atoms with van der Waals surface area (Å²) in [5, 5.41) is 9.15. The van der Waals surface area contributed by atoms with Gasteiger partial charge in [-0.2, -0.15) is 0 Å². The number of rotatable bonds is 5. The van der Waals surface area contributed by atoms with Crippen molar-refractivity contribution in [3.63, 3.8) is 0 Å². The Balaban J connectivity index is 2.37. The minimum atomic E-state index is -1.08. The number of nitrogens with zero attached hydrogens (tertiary/aromatic N) is 1. The summed E-state index contributed by atoms with van der Waals surface area (Å²) in [5.74, 6) is 0.412. The molecule has 0 atom stereocenters. The van der Waals surface area contributed by atoms with Gasteiger partial charge in [0.05, 0.1) is 14.2 Å². The van der Waals surface area contributed by atoms with E-state index in [-0.39, 0.29) is 11.3 Å². The highest BCUT2D eigenvalue weighted by molar-refractivity contribution is 5.91. The van der Waals surface area contributed by atoms with Crippen LogP contribution in [-0.4, -0.2) is 30.3 Å². The van der Waals surface area contributed by atoms with Gasteiger partial charge in [-0.25, -0.2) is 9.78 Å². The monoisotopic (exact) mass is 275 g/mol. The Morgan fingerprint density at radius 1 is 1.10 bits per heavy atom. The number of pyridine rings is 1. The fraction of sp³-hybridized carbons (Fsp3) is 0.143. The van der Waals surface area contributed by atoms with E-state index >= 15 is 0 Å². The lowest BCUT2D eigenvalue weighted by molar-refractivity contribution is 0.0694. The first-order valence-electron chi connectivity index (χ1n) is 5.73. The first kappa shape index (κ1) is 13.7. The van der Waals surface area contributed by atoms with E-state index in [0.717, 1.165) is 0 Å². The molecule has 0 fully saturated rings. The summed E-state index contributed by atoms with van der Waals surface area (Å²) >= 11 is 0. The van der Waals surface area contributed by atoms with Crippen LogP contribution in [0.4, 0.5) is 0 Å². The molecule has 2 rings (SSSR count). The molecule has 1 aromatic carbocycles. The molecule has 0 unspecified atom stereocenters. The number of aromatic carboxylic acids is 1. The van der Waals surface area contributed by atoms with Crippen LogP contribution >= 0.6 is 0 Å². The van der Waals surface area contributed by atoms with Gasteiger partial charge < -0.3 is 19.3 Å². The Kier molecular flexibility index (Phi) is 4.05. The highest BCUT2D eigenvalue weighted by atomic mass is 16.5. The molecule has 0 aliphatic heterocycles. The summed E-state index contributed by atoms with van der Waals surface area (Å²) in [5.41, 5.74) is 0.0431. The topological polar surface area (TPSA) is 77.9 Å². The Hall–Kier alpha value is -2.76. The number of aromatic nitrogens is 1. The minimum Gasteiger partial charge on any atom is -0.497 e. The minimum absolute atomic E-state index is 0.0431. The zero-order valence-corrected chi connectivity index (χ0v) is 11.0. The zero-order chi connectivity index (χ0) is 14.5. The van der Waals surface area contributed by atoms with Gasteiger partial charge in [0.15, 0.2) is 0 Å². The third-order valence-electron chi connectivity index (χ3n) is 2.56. The molecular formula is C14H13NO5. The fourth-order valence-electron chi connectivity index (χ4n) is 1.58. The van der Waals surface area contributed by atoms with Crippen LogP contribution in [0.3, 0.4) is 0 Å². The van der Waals surface area contributed by atoms with Gasteiger partial charge in [-0.1, -0.05) is 0 Å². The Morgan fingerprint density at radius 3 is 2.55 bits per heavy atom. The van der Waals surface area contributed by atoms with Crippen molar-refractivity contribution >= 4 is 5.97 Å². The predicted octanol–water partition coefficient (Wildman–Crippen LogP) is 2.59. The molecule has 0 saturated carbocycles. The lowest BCUT2D eigenvalue weighted by Crippen LogP contribution is -2.00. The maximum atomic E-state index is 11.2. The molecule has 0 aliphatic rings. The Morgan fingerprint density at radius 2 is 1.90 bits per heavy atom. The van der Waals surface area contributed by atoms with E-state index in [1.165, 1.54) is 32.5 Å². The molecule has 1 heterocycles. The number of carbonyl (C=O) groups is 1. The summed E-state index contributed by atoms with van der Waals surface area (Å²) in [4.78, 5) is 15.1. The number of ether oxygens (including phenoxy) is 3. The zero-order valence-electron chi connectivity index (χ0n) is 11.0. The number of hydrogen-bond acceptors (Lipinski definition) is 5. The number of carboxylic acids is 1. The first-order chi connectivity index (χ1) is 9.63. The predicted molar refractivity (Wildman–Crippen MR) is 70.8 cm³/mol. The van der Waals surface area contributed by atoms with Crippen molar-refractivity contribution in [2.24, 2.45) is 0 Å². The maximum Gasteiger partial charge on any atom is 0.339 e. The van der Waals surface area contributed by atoms with Crippen LogP contribution in [0.5, 0.6) is 23.1 Å². The molecule has 20 heavy (non-hydrogen) atoms. The summed E-state index contributed by atoms with van der Waals surface area (Å²) in [6.45, 7) is 0. The number of methoxy groups -OCH3 is 2. The lowest BCUT2D eigenvalue weighted by atomic mass is 10.2. The van der Waals surface area contributed by atoms with Crippen molar-refractivity contribution in [1.82, 2.24) is 4.98 Å². The van der Waals surface area contributed by atoms with Crippen LogP contribution in [0.25, 0.3) is 0 Å². The second kappa shape index (κ2) is 5.92. The van der Waals surface area contributed by atoms with E-state index in [1.807, 2.05) is 0 Å². The van der Waals surface area contributed by atoms with Gasteiger partial charge in [-0.05, 0) is 18.2 Å². The van der Waals surface area contributed by atoms with Gasteiger partial charge in [-0.3, -0.25) is 0 Å². The highest BCUT2D eigenvalue weighted by Crippen LogP contribution is 2.30. The van der Waals surface area contributed by atoms with Crippen LogP contribution < -0.4 is 14.2 Å². The largest absolute Gasteiger partial charge is 0.497 e. The molecule has 1 aromatic heterocycles. The quantitative estimate of drug-likeness (QED) is 0.903. The van der Waals surface area contributed by atoms with Gasteiger partial charge in [-0.15, -0.1) is 0 Å². The lowest BCUT2D eigenvalue weighted by Gasteiger charge is -2.10. The second-order valence-corrected chi connectivity index (χ2v) is 3.80. The van der Waals surface area contributed by atoms with E-state index in [1.54, 1.807) is 18.2 Å². The van der Waals surface area contributed by atoms with Gasteiger partial charge in [0, 0.05) is 18.3 Å². The summed E-state index contributed by atoms with van der Waals surface area (Å²) in [6, 6.07) is 7.66. The molecular weight excluding hydrogens is 262 g/mol. The Bertz CT molecular complexity index is 627. The third-order valence-corrected chi connectivity index (χ3v) is 2.56. The number of benzene rings is 1. The van der Waals surface area contributed by atoms with Crippen LogP contribution in [0.2, 0.25) is 0 Å². The summed E-state index contributed by atoms with van der Waals surface area (Å²) in [6.07, 6.45) is 1.51. The molecule has 0 spiro atoms. The molecule has 0 aliphatic carbocycles. The van der Waals surface area contributed by atoms with E-state index in [4.69, 9.17) is 19.3 Å². The van der Waals surface area contributed by atoms with Crippen molar-refractivity contribution < 1.29 is 24.1 Å². The number of carboxylic acid groups (broad SMARTS) is 1. The highest BCUT2D eigenvalue weighted by Gasteiger charge is 2.13. The molecule has 1 N–H and O–H groups in total. The van der Waals surface area contributed by atoms with E-state index in [9.17, 15) is 4.79 Å². The van der Waals surface area contributed by atoms with Crippen LogP contribution in [-0.2, 0) is 0 Å². The van der Waals surface area contributed by atoms with Crippen molar-refractivity contribution in [2.45, 2.75) is 0 Å². The van der Waals surface area contributed by atoms with Crippen molar-refractivity contribution in [3.05, 3.63) is 42.1 Å². The van der Waals surface area contributed by atoms with E-state index < -0.39 is 5.97 Å². The van der Waals surface area contributed by atoms with E-state index in [0.29, 0.717) is 17.4 Å². The third kappa shape index (κ3) is 2.97. The van der Waals surface area contributed by atoms with Crippen LogP contribution in [0, 0.1) is 0 Å². The smallest absolute Gasteiger partial charge is 0.339 e. The molecule has 0 amide bonds. The number of hydrogen-bond donors (Lipinski definition) is 1. The molecule has 6 nitrogen and oxygen atoms in total. The van der Waals surface area contributed by atoms with Crippen molar-refractivity contribution in [1.29, 1.82) is 0 Å². The van der Waals surface area contributed by atoms with Gasteiger partial charge in [0.2, 0.25) is 5.88 Å². The molecule has 6 heteroatoms. The van der Waals surface area contributed by atoms with Gasteiger partial charge in [0.1, 0.15) is 22.8 Å². The molecule has 0 radical (unpaired) electrons. The molecule has 0 bridgehead atoms. The molecule has 2 aromatic rings. The average Bonchev–Trinajstić information content (AvgIpc) is 2.47. The maximum absolute atomic E-state index is 11.2. The van der Waals surface area contributed by atoms with Crippen molar-refractivity contribution in [2.75, 3.05) is 14.2 Å². The van der Waals surface area contributed by atoms with Crippen LogP contribution in [0.1, 0.15) is 10.4 Å². The fourth-order valence-corrected chi connectivity index (χ4v) is 1.58. The first-order valence-corrected chi connectivity index (χ1v) is 5.73.